The Morgan fingerprint density at radius 1 is 0.739 bits per heavy atom. The number of hydrogen-bond acceptors (Lipinski definition) is 3. The second-order valence-corrected chi connectivity index (χ2v) is 5.03. The van der Waals surface area contributed by atoms with Crippen molar-refractivity contribution in [3.63, 3.8) is 0 Å². The largest absolute Gasteiger partial charge is 0.508 e. The predicted molar refractivity (Wildman–Crippen MR) is 88.6 cm³/mol. The zero-order valence-electron chi connectivity index (χ0n) is 12.1. The van der Waals surface area contributed by atoms with E-state index in [-0.39, 0.29) is 22.0 Å². The number of benzene rings is 2. The lowest BCUT2D eigenvalue weighted by atomic mass is 10.2. The van der Waals surface area contributed by atoms with Gasteiger partial charge in [0.25, 0.3) is 11.1 Å². The molecule has 0 radical (unpaired) electrons. The molecule has 0 saturated carbocycles. The molecular formula is C18H14N2O3. The van der Waals surface area contributed by atoms with E-state index in [1.54, 1.807) is 18.2 Å². The van der Waals surface area contributed by atoms with Gasteiger partial charge in [-0.25, -0.2) is 0 Å². The van der Waals surface area contributed by atoms with E-state index in [1.807, 2.05) is 30.3 Å². The van der Waals surface area contributed by atoms with Crippen LogP contribution in [-0.4, -0.2) is 15.1 Å². The normalized spacial score (nSPS) is 12.5. The second kappa shape index (κ2) is 6.19. The minimum absolute atomic E-state index is 0.0894. The van der Waals surface area contributed by atoms with Crippen molar-refractivity contribution in [2.24, 2.45) is 0 Å². The first-order valence-electron chi connectivity index (χ1n) is 7.02. The van der Waals surface area contributed by atoms with Gasteiger partial charge in [0.2, 0.25) is 0 Å². The van der Waals surface area contributed by atoms with Gasteiger partial charge >= 0.3 is 0 Å². The van der Waals surface area contributed by atoms with Gasteiger partial charge in [0, 0.05) is 0 Å². The topological polar surface area (TPSA) is 85.9 Å². The highest BCUT2D eigenvalue weighted by Gasteiger charge is 1.97. The highest BCUT2D eigenvalue weighted by Crippen LogP contribution is 2.10. The van der Waals surface area contributed by atoms with Crippen LogP contribution in [0.1, 0.15) is 11.1 Å². The van der Waals surface area contributed by atoms with Crippen molar-refractivity contribution >= 4 is 12.2 Å². The van der Waals surface area contributed by atoms with Gasteiger partial charge < -0.3 is 15.1 Å². The number of nitrogens with one attached hydrogen (secondary N) is 2. The third-order valence-corrected chi connectivity index (χ3v) is 3.28. The summed E-state index contributed by atoms with van der Waals surface area (Å²) >= 11 is 0. The number of aromatic hydroxyl groups is 1. The van der Waals surface area contributed by atoms with E-state index < -0.39 is 5.56 Å². The van der Waals surface area contributed by atoms with Gasteiger partial charge in [-0.1, -0.05) is 42.5 Å². The quantitative estimate of drug-likeness (QED) is 0.641. The lowest BCUT2D eigenvalue weighted by molar-refractivity contribution is 0.475. The summed E-state index contributed by atoms with van der Waals surface area (Å²) in [5.41, 5.74) is 0.638. The van der Waals surface area contributed by atoms with E-state index in [9.17, 15) is 14.7 Å². The van der Waals surface area contributed by atoms with Gasteiger partial charge in [0.05, 0.1) is 0 Å². The molecule has 0 aliphatic carbocycles. The number of hydrogen-bond donors (Lipinski definition) is 3. The van der Waals surface area contributed by atoms with Crippen LogP contribution in [0.15, 0.2) is 64.2 Å². The Morgan fingerprint density at radius 2 is 1.30 bits per heavy atom. The van der Waals surface area contributed by atoms with Crippen LogP contribution >= 0.6 is 0 Å². The van der Waals surface area contributed by atoms with Crippen LogP contribution < -0.4 is 21.8 Å². The molecule has 3 rings (SSSR count). The molecule has 0 atom stereocenters. The number of H-pyrrole nitrogens is 2. The first kappa shape index (κ1) is 14.6. The SMILES string of the molecule is O=c1[nH]c(=Cc2cccc(O)c2)c(=O)[nH]c1=Cc1ccccc1. The van der Waals surface area contributed by atoms with Gasteiger partial charge in [0.15, 0.2) is 0 Å². The van der Waals surface area contributed by atoms with Crippen LogP contribution in [-0.2, 0) is 0 Å². The van der Waals surface area contributed by atoms with E-state index in [1.165, 1.54) is 18.2 Å². The maximum absolute atomic E-state index is 12.1. The number of aromatic amines is 2. The van der Waals surface area contributed by atoms with Crippen LogP contribution in [0.3, 0.4) is 0 Å². The van der Waals surface area contributed by atoms with E-state index >= 15 is 0 Å². The van der Waals surface area contributed by atoms with Crippen molar-refractivity contribution in [3.8, 4) is 5.75 Å². The molecule has 5 nitrogen and oxygen atoms in total. The van der Waals surface area contributed by atoms with E-state index in [4.69, 9.17) is 0 Å². The monoisotopic (exact) mass is 306 g/mol. The first-order valence-corrected chi connectivity index (χ1v) is 7.02. The zero-order valence-corrected chi connectivity index (χ0v) is 12.1. The fraction of sp³-hybridized carbons (Fsp3) is 0. The Morgan fingerprint density at radius 3 is 1.91 bits per heavy atom. The molecule has 0 aliphatic heterocycles. The van der Waals surface area contributed by atoms with E-state index in [0.29, 0.717) is 5.56 Å². The number of phenolic OH excluding ortho intramolecular Hbond substituents is 1. The van der Waals surface area contributed by atoms with Crippen LogP contribution in [0, 0.1) is 0 Å². The van der Waals surface area contributed by atoms with Crippen LogP contribution in [0.2, 0.25) is 0 Å². The molecular weight excluding hydrogens is 292 g/mol. The van der Waals surface area contributed by atoms with Crippen LogP contribution in [0.4, 0.5) is 0 Å². The number of aromatic nitrogens is 2. The Labute approximate surface area is 130 Å². The van der Waals surface area contributed by atoms with Gasteiger partial charge in [0.1, 0.15) is 16.4 Å². The molecule has 23 heavy (non-hydrogen) atoms. The van der Waals surface area contributed by atoms with Crippen molar-refractivity contribution in [2.75, 3.05) is 0 Å². The van der Waals surface area contributed by atoms with E-state index in [2.05, 4.69) is 9.97 Å². The van der Waals surface area contributed by atoms with Crippen molar-refractivity contribution in [2.45, 2.75) is 0 Å². The molecule has 114 valence electrons. The third kappa shape index (κ3) is 3.47. The highest BCUT2D eigenvalue weighted by molar-refractivity contribution is 5.50. The molecule has 5 heteroatoms. The summed E-state index contributed by atoms with van der Waals surface area (Å²) in [6, 6.07) is 15.7. The summed E-state index contributed by atoms with van der Waals surface area (Å²) in [6.07, 6.45) is 3.12. The molecule has 0 aliphatic rings. The lowest BCUT2D eigenvalue weighted by Gasteiger charge is -1.95. The average molecular weight is 306 g/mol. The van der Waals surface area contributed by atoms with E-state index in [0.717, 1.165) is 5.56 Å². The Bertz CT molecular complexity index is 1060. The molecule has 0 bridgehead atoms. The maximum atomic E-state index is 12.1. The summed E-state index contributed by atoms with van der Waals surface area (Å²) in [7, 11) is 0. The molecule has 3 N–H and O–H groups in total. The summed E-state index contributed by atoms with van der Waals surface area (Å²) in [6.45, 7) is 0. The summed E-state index contributed by atoms with van der Waals surface area (Å²) in [5.74, 6) is 0.0894. The van der Waals surface area contributed by atoms with Gasteiger partial charge in [-0.3, -0.25) is 9.59 Å². The smallest absolute Gasteiger partial charge is 0.272 e. The van der Waals surface area contributed by atoms with Gasteiger partial charge in [-0.2, -0.15) is 0 Å². The van der Waals surface area contributed by atoms with Gasteiger partial charge in [-0.15, -0.1) is 0 Å². The van der Waals surface area contributed by atoms with Crippen molar-refractivity contribution < 1.29 is 5.11 Å². The first-order chi connectivity index (χ1) is 11.1. The summed E-state index contributed by atoms with van der Waals surface area (Å²) in [4.78, 5) is 29.4. The van der Waals surface area contributed by atoms with Crippen molar-refractivity contribution in [3.05, 3.63) is 97.1 Å². The molecule has 1 heterocycles. The average Bonchev–Trinajstić information content (AvgIpc) is 2.53. The molecule has 0 amide bonds. The molecule has 3 aromatic rings. The molecule has 0 fully saturated rings. The number of phenols is 1. The fourth-order valence-corrected chi connectivity index (χ4v) is 2.19. The molecule has 2 aromatic carbocycles. The predicted octanol–water partition coefficient (Wildman–Crippen LogP) is 0.426. The third-order valence-electron chi connectivity index (χ3n) is 3.28. The Hall–Kier alpha value is -3.34. The standard InChI is InChI=1S/C18H14N2O3/c21-14-8-4-7-13(9-14)11-16-18(23)19-15(17(22)20-16)10-12-5-2-1-3-6-12/h1-11,21H,(H,19,23)(H,20,22). The van der Waals surface area contributed by atoms with Crippen molar-refractivity contribution in [1.29, 1.82) is 0 Å². The molecule has 1 aromatic heterocycles. The summed E-state index contributed by atoms with van der Waals surface area (Å²) in [5, 5.41) is 9.76. The highest BCUT2D eigenvalue weighted by atomic mass is 16.3. The fourth-order valence-electron chi connectivity index (χ4n) is 2.19. The van der Waals surface area contributed by atoms with Gasteiger partial charge in [-0.05, 0) is 35.4 Å². The second-order valence-electron chi connectivity index (χ2n) is 5.03. The molecule has 0 spiro atoms. The molecule has 0 saturated heterocycles. The van der Waals surface area contributed by atoms with Crippen molar-refractivity contribution in [1.82, 2.24) is 9.97 Å². The minimum Gasteiger partial charge on any atom is -0.508 e. The maximum Gasteiger partial charge on any atom is 0.272 e. The Kier molecular flexibility index (Phi) is 3.93. The summed E-state index contributed by atoms with van der Waals surface area (Å²) < 4.78 is 0. The Balaban J connectivity index is 2.14. The minimum atomic E-state index is -0.407. The number of rotatable bonds is 2. The van der Waals surface area contributed by atoms with Crippen LogP contribution in [0.25, 0.3) is 12.2 Å². The molecule has 0 unspecified atom stereocenters. The van der Waals surface area contributed by atoms with Crippen LogP contribution in [0.5, 0.6) is 5.75 Å². The lowest BCUT2D eigenvalue weighted by Crippen LogP contribution is -2.46. The zero-order chi connectivity index (χ0) is 16.2.